The highest BCUT2D eigenvalue weighted by molar-refractivity contribution is 5.75. The van der Waals surface area contributed by atoms with E-state index in [1.54, 1.807) is 7.11 Å². The van der Waals surface area contributed by atoms with Crippen molar-refractivity contribution in [1.29, 1.82) is 0 Å². The number of methoxy groups -OCH3 is 1. The molecule has 0 saturated heterocycles. The zero-order valence-corrected chi connectivity index (χ0v) is 14.3. The second-order valence-corrected chi connectivity index (χ2v) is 5.89. The standard InChI is InChI=1S/C18H23N3O3/c1-13(2)16-10-18(23)21(12-20-16)11-17(22)19-8-7-14-5-4-6-15(9-14)24-3/h4-6,9-10,12-13H,7-8,11H2,1-3H3,(H,19,22). The van der Waals surface area contributed by atoms with Gasteiger partial charge < -0.3 is 10.1 Å². The quantitative estimate of drug-likeness (QED) is 0.840. The van der Waals surface area contributed by atoms with Crippen LogP contribution in [0.3, 0.4) is 0 Å². The van der Waals surface area contributed by atoms with Crippen LogP contribution in [-0.2, 0) is 17.8 Å². The number of amides is 1. The van der Waals surface area contributed by atoms with Gasteiger partial charge in [-0.25, -0.2) is 4.98 Å². The maximum atomic E-state index is 12.0. The monoisotopic (exact) mass is 329 g/mol. The molecule has 6 heteroatoms. The van der Waals surface area contributed by atoms with E-state index in [4.69, 9.17) is 4.74 Å². The SMILES string of the molecule is COc1cccc(CCNC(=O)Cn2cnc(C(C)C)cc2=O)c1. The molecule has 128 valence electrons. The van der Waals surface area contributed by atoms with Gasteiger partial charge in [-0.05, 0) is 30.0 Å². The van der Waals surface area contributed by atoms with Crippen LogP contribution in [0.25, 0.3) is 0 Å². The van der Waals surface area contributed by atoms with Gasteiger partial charge in [-0.2, -0.15) is 0 Å². The van der Waals surface area contributed by atoms with Crippen LogP contribution < -0.4 is 15.6 Å². The van der Waals surface area contributed by atoms with Crippen molar-refractivity contribution in [3.05, 3.63) is 58.3 Å². The van der Waals surface area contributed by atoms with Gasteiger partial charge in [0.1, 0.15) is 12.3 Å². The first-order chi connectivity index (χ1) is 11.5. The number of hydrogen-bond donors (Lipinski definition) is 1. The summed E-state index contributed by atoms with van der Waals surface area (Å²) in [6, 6.07) is 9.19. The van der Waals surface area contributed by atoms with Gasteiger partial charge in [0.2, 0.25) is 5.91 Å². The fourth-order valence-corrected chi connectivity index (χ4v) is 2.26. The molecule has 0 spiro atoms. The highest BCUT2D eigenvalue weighted by Gasteiger charge is 2.07. The molecule has 1 N–H and O–H groups in total. The third-order valence-corrected chi connectivity index (χ3v) is 3.68. The van der Waals surface area contributed by atoms with Gasteiger partial charge in [-0.1, -0.05) is 26.0 Å². The summed E-state index contributed by atoms with van der Waals surface area (Å²) in [6.45, 7) is 4.41. The number of aromatic nitrogens is 2. The molecule has 2 rings (SSSR count). The van der Waals surface area contributed by atoms with E-state index in [1.807, 2.05) is 38.1 Å². The molecule has 0 aliphatic carbocycles. The van der Waals surface area contributed by atoms with Crippen LogP contribution in [0.15, 0.2) is 41.5 Å². The number of ether oxygens (including phenoxy) is 1. The normalized spacial score (nSPS) is 10.7. The Bertz CT molecular complexity index is 753. The molecular formula is C18H23N3O3. The van der Waals surface area contributed by atoms with Gasteiger partial charge in [0.25, 0.3) is 5.56 Å². The first-order valence-corrected chi connectivity index (χ1v) is 7.95. The Hall–Kier alpha value is -2.63. The average molecular weight is 329 g/mol. The molecule has 0 radical (unpaired) electrons. The van der Waals surface area contributed by atoms with Crippen molar-refractivity contribution in [3.63, 3.8) is 0 Å². The van der Waals surface area contributed by atoms with Crippen molar-refractivity contribution in [2.75, 3.05) is 13.7 Å². The minimum Gasteiger partial charge on any atom is -0.497 e. The summed E-state index contributed by atoms with van der Waals surface area (Å²) in [5, 5.41) is 2.81. The van der Waals surface area contributed by atoms with E-state index in [0.29, 0.717) is 13.0 Å². The maximum Gasteiger partial charge on any atom is 0.254 e. The number of nitrogens with zero attached hydrogens (tertiary/aromatic N) is 2. The molecule has 0 aliphatic heterocycles. The fraction of sp³-hybridized carbons (Fsp3) is 0.389. The molecule has 0 bridgehead atoms. The Labute approximate surface area is 141 Å². The minimum atomic E-state index is -0.211. The van der Waals surface area contributed by atoms with Gasteiger partial charge >= 0.3 is 0 Å². The molecule has 24 heavy (non-hydrogen) atoms. The van der Waals surface area contributed by atoms with E-state index < -0.39 is 0 Å². The summed E-state index contributed by atoms with van der Waals surface area (Å²) in [6.07, 6.45) is 2.13. The number of rotatable bonds is 7. The van der Waals surface area contributed by atoms with Crippen LogP contribution in [0.4, 0.5) is 0 Å². The molecule has 6 nitrogen and oxygen atoms in total. The summed E-state index contributed by atoms with van der Waals surface area (Å²) < 4.78 is 6.48. The zero-order valence-electron chi connectivity index (χ0n) is 14.3. The largest absolute Gasteiger partial charge is 0.497 e. The highest BCUT2D eigenvalue weighted by atomic mass is 16.5. The predicted octanol–water partition coefficient (Wildman–Crippen LogP) is 1.73. The Morgan fingerprint density at radius 1 is 1.33 bits per heavy atom. The minimum absolute atomic E-state index is 0.0255. The van der Waals surface area contributed by atoms with Gasteiger partial charge in [-0.15, -0.1) is 0 Å². The number of benzene rings is 1. The lowest BCUT2D eigenvalue weighted by atomic mass is 10.1. The van der Waals surface area contributed by atoms with Crippen LogP contribution in [0.5, 0.6) is 5.75 Å². The second kappa shape index (κ2) is 8.29. The molecule has 1 amide bonds. The molecule has 1 aromatic carbocycles. The summed E-state index contributed by atoms with van der Waals surface area (Å²) >= 11 is 0. The molecule has 0 saturated carbocycles. The lowest BCUT2D eigenvalue weighted by Crippen LogP contribution is -2.33. The molecule has 0 aliphatic rings. The topological polar surface area (TPSA) is 73.2 Å². The second-order valence-electron chi connectivity index (χ2n) is 5.89. The predicted molar refractivity (Wildman–Crippen MR) is 92.3 cm³/mol. The summed E-state index contributed by atoms with van der Waals surface area (Å²) in [7, 11) is 1.62. The van der Waals surface area contributed by atoms with Crippen LogP contribution in [-0.4, -0.2) is 29.1 Å². The first kappa shape index (κ1) is 17.7. The summed E-state index contributed by atoms with van der Waals surface area (Å²) in [5.74, 6) is 0.768. The van der Waals surface area contributed by atoms with Crippen LogP contribution in [0.2, 0.25) is 0 Å². The van der Waals surface area contributed by atoms with Crippen molar-refractivity contribution >= 4 is 5.91 Å². The third kappa shape index (κ3) is 4.94. The van der Waals surface area contributed by atoms with E-state index in [1.165, 1.54) is 17.0 Å². The fourth-order valence-electron chi connectivity index (χ4n) is 2.26. The molecule has 2 aromatic rings. The van der Waals surface area contributed by atoms with Gasteiger partial charge in [-0.3, -0.25) is 14.2 Å². The van der Waals surface area contributed by atoms with E-state index >= 15 is 0 Å². The highest BCUT2D eigenvalue weighted by Crippen LogP contribution is 2.12. The molecule has 0 unspecified atom stereocenters. The van der Waals surface area contributed by atoms with Crippen LogP contribution in [0, 0.1) is 0 Å². The molecule has 1 heterocycles. The summed E-state index contributed by atoms with van der Waals surface area (Å²) in [5.41, 5.74) is 1.60. The van der Waals surface area contributed by atoms with Crippen molar-refractivity contribution in [2.45, 2.75) is 32.7 Å². The number of carbonyl (C=O) groups is 1. The third-order valence-electron chi connectivity index (χ3n) is 3.68. The average Bonchev–Trinajstić information content (AvgIpc) is 2.56. The lowest BCUT2D eigenvalue weighted by Gasteiger charge is -2.09. The Morgan fingerprint density at radius 3 is 2.79 bits per heavy atom. The van der Waals surface area contributed by atoms with Crippen molar-refractivity contribution in [3.8, 4) is 5.75 Å². The first-order valence-electron chi connectivity index (χ1n) is 7.95. The van der Waals surface area contributed by atoms with Crippen molar-refractivity contribution in [2.24, 2.45) is 0 Å². The van der Waals surface area contributed by atoms with E-state index in [2.05, 4.69) is 10.3 Å². The van der Waals surface area contributed by atoms with E-state index in [9.17, 15) is 9.59 Å². The maximum absolute atomic E-state index is 12.0. The van der Waals surface area contributed by atoms with Crippen LogP contribution >= 0.6 is 0 Å². The number of hydrogen-bond acceptors (Lipinski definition) is 4. The molecule has 0 atom stereocenters. The van der Waals surface area contributed by atoms with Crippen molar-refractivity contribution < 1.29 is 9.53 Å². The number of carbonyl (C=O) groups excluding carboxylic acids is 1. The Balaban J connectivity index is 1.86. The molecular weight excluding hydrogens is 306 g/mol. The molecule has 1 aromatic heterocycles. The van der Waals surface area contributed by atoms with Crippen LogP contribution in [0.1, 0.15) is 31.0 Å². The number of nitrogens with one attached hydrogen (secondary N) is 1. The smallest absolute Gasteiger partial charge is 0.254 e. The zero-order chi connectivity index (χ0) is 17.5. The van der Waals surface area contributed by atoms with E-state index in [0.717, 1.165) is 17.0 Å². The summed E-state index contributed by atoms with van der Waals surface area (Å²) in [4.78, 5) is 28.2. The van der Waals surface area contributed by atoms with E-state index in [-0.39, 0.29) is 23.9 Å². The Kier molecular flexibility index (Phi) is 6.12. The van der Waals surface area contributed by atoms with Gasteiger partial charge in [0, 0.05) is 12.6 Å². The van der Waals surface area contributed by atoms with Gasteiger partial charge in [0.15, 0.2) is 0 Å². The van der Waals surface area contributed by atoms with Crippen molar-refractivity contribution in [1.82, 2.24) is 14.9 Å². The molecule has 0 fully saturated rings. The van der Waals surface area contributed by atoms with Gasteiger partial charge in [0.05, 0.1) is 19.1 Å². The Morgan fingerprint density at radius 2 is 2.12 bits per heavy atom. The lowest BCUT2D eigenvalue weighted by molar-refractivity contribution is -0.121.